The Morgan fingerprint density at radius 1 is 1.10 bits per heavy atom. The molecule has 114 valence electrons. The van der Waals surface area contributed by atoms with E-state index < -0.39 is 7.12 Å². The van der Waals surface area contributed by atoms with E-state index in [-0.39, 0.29) is 11.2 Å². The summed E-state index contributed by atoms with van der Waals surface area (Å²) in [5.74, 6) is 0.892. The highest BCUT2D eigenvalue weighted by Crippen LogP contribution is 2.36. The van der Waals surface area contributed by atoms with E-state index >= 15 is 0 Å². The van der Waals surface area contributed by atoms with Gasteiger partial charge in [-0.15, -0.1) is 0 Å². The highest BCUT2D eigenvalue weighted by Gasteiger charge is 2.52. The predicted octanol–water partition coefficient (Wildman–Crippen LogP) is 0.185. The molecule has 3 rings (SSSR count). The molecule has 0 amide bonds. The molecule has 0 unspecified atom stereocenters. The molecule has 0 atom stereocenters. The molecule has 0 spiro atoms. The smallest absolute Gasteiger partial charge is 0.398 e. The fourth-order valence-corrected chi connectivity index (χ4v) is 2.49. The van der Waals surface area contributed by atoms with Crippen LogP contribution in [0.3, 0.4) is 0 Å². The number of hydrogen-bond donors (Lipinski definition) is 1. The van der Waals surface area contributed by atoms with Crippen LogP contribution in [0.4, 0.5) is 5.82 Å². The first-order valence-electron chi connectivity index (χ1n) is 7.52. The van der Waals surface area contributed by atoms with E-state index in [1.165, 1.54) is 0 Å². The Hall–Kier alpha value is -1.18. The van der Waals surface area contributed by atoms with Crippen LogP contribution in [-0.2, 0) is 9.31 Å². The third-order valence-electron chi connectivity index (χ3n) is 4.58. The van der Waals surface area contributed by atoms with Gasteiger partial charge < -0.3 is 19.5 Å². The highest BCUT2D eigenvalue weighted by molar-refractivity contribution is 6.61. The second kappa shape index (κ2) is 5.23. The second-order valence-corrected chi connectivity index (χ2v) is 6.63. The number of rotatable bonds is 2. The molecule has 2 aliphatic heterocycles. The van der Waals surface area contributed by atoms with Gasteiger partial charge in [-0.05, 0) is 27.7 Å². The Kier molecular flexibility index (Phi) is 3.67. The molecular weight excluding hydrogens is 267 g/mol. The standard InChI is InChI=1S/C14H23BN4O2/c1-13(2)14(3,4)21-15(20-13)11-9-17-10-12(18-11)19-7-5-16-6-8-19/h9-10,16H,5-8H2,1-4H3. The van der Waals surface area contributed by atoms with E-state index in [1.807, 2.05) is 27.7 Å². The molecule has 0 saturated carbocycles. The lowest BCUT2D eigenvalue weighted by Crippen LogP contribution is -2.45. The first-order valence-corrected chi connectivity index (χ1v) is 7.52. The quantitative estimate of drug-likeness (QED) is 0.784. The molecule has 0 radical (unpaired) electrons. The second-order valence-electron chi connectivity index (χ2n) is 6.63. The Labute approximate surface area is 126 Å². The van der Waals surface area contributed by atoms with Crippen molar-refractivity contribution in [1.82, 2.24) is 15.3 Å². The molecule has 2 saturated heterocycles. The third-order valence-corrected chi connectivity index (χ3v) is 4.58. The zero-order chi connectivity index (χ0) is 15.1. The van der Waals surface area contributed by atoms with Gasteiger partial charge in [0.25, 0.3) is 0 Å². The minimum absolute atomic E-state index is 0.357. The van der Waals surface area contributed by atoms with Gasteiger partial charge in [0.05, 0.1) is 23.0 Å². The van der Waals surface area contributed by atoms with Gasteiger partial charge in [-0.2, -0.15) is 0 Å². The van der Waals surface area contributed by atoms with Crippen LogP contribution in [0.25, 0.3) is 0 Å². The summed E-state index contributed by atoms with van der Waals surface area (Å²) in [6.45, 7) is 12.0. The molecule has 21 heavy (non-hydrogen) atoms. The summed E-state index contributed by atoms with van der Waals surface area (Å²) < 4.78 is 12.1. The van der Waals surface area contributed by atoms with Gasteiger partial charge >= 0.3 is 7.12 Å². The SMILES string of the molecule is CC1(C)OB(c2cncc(N3CCNCC3)n2)OC1(C)C. The molecule has 0 aromatic carbocycles. The lowest BCUT2D eigenvalue weighted by molar-refractivity contribution is 0.00578. The fraction of sp³-hybridized carbons (Fsp3) is 0.714. The first kappa shape index (κ1) is 14.7. The van der Waals surface area contributed by atoms with Gasteiger partial charge in [0.1, 0.15) is 5.82 Å². The highest BCUT2D eigenvalue weighted by atomic mass is 16.7. The third kappa shape index (κ3) is 2.77. The van der Waals surface area contributed by atoms with Crippen LogP contribution >= 0.6 is 0 Å². The summed E-state index contributed by atoms with van der Waals surface area (Å²) in [5.41, 5.74) is 0.0269. The molecule has 2 aliphatic rings. The number of nitrogens with zero attached hydrogens (tertiary/aromatic N) is 3. The summed E-state index contributed by atoms with van der Waals surface area (Å²) in [7, 11) is -0.453. The van der Waals surface area contributed by atoms with Crippen LogP contribution < -0.4 is 15.8 Å². The topological polar surface area (TPSA) is 59.5 Å². The fourth-order valence-electron chi connectivity index (χ4n) is 2.49. The molecule has 1 aromatic rings. The summed E-state index contributed by atoms with van der Waals surface area (Å²) in [5, 5.41) is 3.34. The van der Waals surface area contributed by atoms with Crippen molar-refractivity contribution in [3.8, 4) is 0 Å². The van der Waals surface area contributed by atoms with Gasteiger partial charge in [-0.25, -0.2) is 4.98 Å². The lowest BCUT2D eigenvalue weighted by Gasteiger charge is -2.32. The number of nitrogens with one attached hydrogen (secondary N) is 1. The van der Waals surface area contributed by atoms with E-state index in [0.29, 0.717) is 0 Å². The molecule has 1 N–H and O–H groups in total. The summed E-state index contributed by atoms with van der Waals surface area (Å²) in [6.07, 6.45) is 3.54. The van der Waals surface area contributed by atoms with Crippen LogP contribution in [0, 0.1) is 0 Å². The monoisotopic (exact) mass is 290 g/mol. The van der Waals surface area contributed by atoms with E-state index in [4.69, 9.17) is 14.3 Å². The van der Waals surface area contributed by atoms with Crippen molar-refractivity contribution < 1.29 is 9.31 Å². The molecule has 6 nitrogen and oxygen atoms in total. The average molecular weight is 290 g/mol. The van der Waals surface area contributed by atoms with Gasteiger partial charge in [0.15, 0.2) is 0 Å². The zero-order valence-electron chi connectivity index (χ0n) is 13.2. The zero-order valence-corrected chi connectivity index (χ0v) is 13.2. The Bertz CT molecular complexity index is 501. The van der Waals surface area contributed by atoms with Gasteiger partial charge in [-0.3, -0.25) is 4.98 Å². The molecular formula is C14H23BN4O2. The Morgan fingerprint density at radius 2 is 1.71 bits per heavy atom. The Morgan fingerprint density at radius 3 is 2.33 bits per heavy atom. The summed E-state index contributed by atoms with van der Waals surface area (Å²) in [4.78, 5) is 11.2. The number of piperazine rings is 1. The molecule has 7 heteroatoms. The van der Waals surface area contributed by atoms with Crippen molar-refractivity contribution in [2.24, 2.45) is 0 Å². The molecule has 2 fully saturated rings. The maximum atomic E-state index is 6.04. The van der Waals surface area contributed by atoms with Crippen molar-refractivity contribution in [2.75, 3.05) is 31.1 Å². The van der Waals surface area contributed by atoms with Gasteiger partial charge in [-0.1, -0.05) is 0 Å². The van der Waals surface area contributed by atoms with Crippen LogP contribution in [0.2, 0.25) is 0 Å². The number of hydrogen-bond acceptors (Lipinski definition) is 6. The maximum absolute atomic E-state index is 6.04. The van der Waals surface area contributed by atoms with Gasteiger partial charge in [0.2, 0.25) is 0 Å². The van der Waals surface area contributed by atoms with Crippen molar-refractivity contribution in [3.05, 3.63) is 12.4 Å². The van der Waals surface area contributed by atoms with Crippen molar-refractivity contribution >= 4 is 18.5 Å². The van der Waals surface area contributed by atoms with E-state index in [0.717, 1.165) is 37.6 Å². The summed E-state index contributed by atoms with van der Waals surface area (Å²) >= 11 is 0. The number of anilines is 1. The molecule has 0 aliphatic carbocycles. The van der Waals surface area contributed by atoms with Crippen LogP contribution in [0.15, 0.2) is 12.4 Å². The van der Waals surface area contributed by atoms with E-state index in [9.17, 15) is 0 Å². The minimum Gasteiger partial charge on any atom is -0.398 e. The molecule has 0 bridgehead atoms. The van der Waals surface area contributed by atoms with Crippen LogP contribution in [0.5, 0.6) is 0 Å². The summed E-state index contributed by atoms with van der Waals surface area (Å²) in [6, 6.07) is 0. The first-order chi connectivity index (χ1) is 9.89. The number of aromatic nitrogens is 2. The molecule has 1 aromatic heterocycles. The van der Waals surface area contributed by atoms with Crippen LogP contribution in [-0.4, -0.2) is 54.5 Å². The predicted molar refractivity (Wildman–Crippen MR) is 82.8 cm³/mol. The van der Waals surface area contributed by atoms with E-state index in [1.54, 1.807) is 12.4 Å². The molecule has 3 heterocycles. The largest absolute Gasteiger partial charge is 0.516 e. The van der Waals surface area contributed by atoms with E-state index in [2.05, 4.69) is 15.2 Å². The van der Waals surface area contributed by atoms with Crippen molar-refractivity contribution in [1.29, 1.82) is 0 Å². The van der Waals surface area contributed by atoms with Crippen LogP contribution in [0.1, 0.15) is 27.7 Å². The average Bonchev–Trinajstić information content (AvgIpc) is 2.69. The minimum atomic E-state index is -0.453. The normalized spacial score (nSPS) is 24.4. The van der Waals surface area contributed by atoms with Gasteiger partial charge in [0, 0.05) is 32.4 Å². The van der Waals surface area contributed by atoms with Crippen molar-refractivity contribution in [2.45, 2.75) is 38.9 Å². The maximum Gasteiger partial charge on any atom is 0.516 e. The van der Waals surface area contributed by atoms with Crippen molar-refractivity contribution in [3.63, 3.8) is 0 Å². The lowest BCUT2D eigenvalue weighted by atomic mass is 9.85. The Balaban J connectivity index is 1.81.